The van der Waals surface area contributed by atoms with Gasteiger partial charge < -0.3 is 16.0 Å². The lowest BCUT2D eigenvalue weighted by atomic mass is 10.0. The predicted molar refractivity (Wildman–Crippen MR) is 72.9 cm³/mol. The Bertz CT molecular complexity index is 462. The summed E-state index contributed by atoms with van der Waals surface area (Å²) in [5.74, 6) is -0.576. The van der Waals surface area contributed by atoms with Gasteiger partial charge in [0.2, 0.25) is 5.91 Å². The second-order valence-corrected chi connectivity index (χ2v) is 4.99. The molecule has 1 aliphatic heterocycles. The maximum Gasteiger partial charge on any atom is 0.251 e. The molecule has 0 atom stereocenters. The summed E-state index contributed by atoms with van der Waals surface area (Å²) in [6.07, 6.45) is 1.95. The Morgan fingerprint density at radius 1 is 1.16 bits per heavy atom. The van der Waals surface area contributed by atoms with Crippen molar-refractivity contribution in [1.82, 2.24) is 10.2 Å². The molecular weight excluding hydrogens is 242 g/mol. The van der Waals surface area contributed by atoms with Crippen molar-refractivity contribution in [3.63, 3.8) is 0 Å². The van der Waals surface area contributed by atoms with Gasteiger partial charge in [-0.25, -0.2) is 0 Å². The molecule has 0 saturated carbocycles. The molecule has 0 aliphatic carbocycles. The van der Waals surface area contributed by atoms with Crippen molar-refractivity contribution in [3.05, 3.63) is 35.4 Å². The minimum atomic E-state index is -0.484. The van der Waals surface area contributed by atoms with Crippen LogP contribution >= 0.6 is 0 Å². The SMILES string of the molecule is CN1CCC(NC(=O)c2ccc(C(N)=O)cc2)CC1. The lowest BCUT2D eigenvalue weighted by Crippen LogP contribution is -2.43. The largest absolute Gasteiger partial charge is 0.366 e. The number of carbonyl (C=O) groups excluding carboxylic acids is 2. The predicted octanol–water partition coefficient (Wildman–Crippen LogP) is 0.609. The third-order valence-electron chi connectivity index (χ3n) is 3.49. The Balaban J connectivity index is 1.94. The summed E-state index contributed by atoms with van der Waals surface area (Å²) < 4.78 is 0. The van der Waals surface area contributed by atoms with Crippen LogP contribution in [-0.4, -0.2) is 42.9 Å². The number of carbonyl (C=O) groups is 2. The maximum absolute atomic E-state index is 12.0. The number of nitrogens with zero attached hydrogens (tertiary/aromatic N) is 1. The van der Waals surface area contributed by atoms with Crippen LogP contribution in [0.15, 0.2) is 24.3 Å². The van der Waals surface area contributed by atoms with E-state index in [9.17, 15) is 9.59 Å². The summed E-state index contributed by atoms with van der Waals surface area (Å²) in [4.78, 5) is 25.2. The van der Waals surface area contributed by atoms with Crippen LogP contribution in [0.4, 0.5) is 0 Å². The van der Waals surface area contributed by atoms with Gasteiger partial charge in [0.15, 0.2) is 0 Å². The third-order valence-corrected chi connectivity index (χ3v) is 3.49. The molecule has 0 bridgehead atoms. The summed E-state index contributed by atoms with van der Waals surface area (Å²) in [5.41, 5.74) is 6.13. The van der Waals surface area contributed by atoms with Gasteiger partial charge in [-0.2, -0.15) is 0 Å². The summed E-state index contributed by atoms with van der Waals surface area (Å²) in [6, 6.07) is 6.64. The smallest absolute Gasteiger partial charge is 0.251 e. The lowest BCUT2D eigenvalue weighted by molar-refractivity contribution is 0.0915. The van der Waals surface area contributed by atoms with Crippen LogP contribution in [0.5, 0.6) is 0 Å². The average molecular weight is 261 g/mol. The zero-order chi connectivity index (χ0) is 13.8. The zero-order valence-electron chi connectivity index (χ0n) is 11.1. The molecule has 2 amide bonds. The van der Waals surface area contributed by atoms with E-state index in [4.69, 9.17) is 5.73 Å². The van der Waals surface area contributed by atoms with Crippen LogP contribution in [0.2, 0.25) is 0 Å². The normalized spacial score (nSPS) is 17.1. The monoisotopic (exact) mass is 261 g/mol. The maximum atomic E-state index is 12.0. The molecule has 0 aromatic heterocycles. The number of rotatable bonds is 3. The van der Waals surface area contributed by atoms with E-state index in [0.29, 0.717) is 11.1 Å². The van der Waals surface area contributed by atoms with Crippen molar-refractivity contribution in [3.8, 4) is 0 Å². The highest BCUT2D eigenvalue weighted by atomic mass is 16.2. The molecule has 1 fully saturated rings. The minimum absolute atomic E-state index is 0.0921. The highest BCUT2D eigenvalue weighted by molar-refractivity contribution is 5.97. The second kappa shape index (κ2) is 5.84. The van der Waals surface area contributed by atoms with Crippen LogP contribution in [0, 0.1) is 0 Å². The summed E-state index contributed by atoms with van der Waals surface area (Å²) in [7, 11) is 2.08. The lowest BCUT2D eigenvalue weighted by Gasteiger charge is -2.29. The fraction of sp³-hybridized carbons (Fsp3) is 0.429. The Morgan fingerprint density at radius 2 is 1.68 bits per heavy atom. The first-order chi connectivity index (χ1) is 9.06. The van der Waals surface area contributed by atoms with Gasteiger partial charge in [-0.1, -0.05) is 0 Å². The highest BCUT2D eigenvalue weighted by Gasteiger charge is 2.19. The highest BCUT2D eigenvalue weighted by Crippen LogP contribution is 2.10. The number of hydrogen-bond acceptors (Lipinski definition) is 3. The molecule has 5 nitrogen and oxygen atoms in total. The molecule has 5 heteroatoms. The van der Waals surface area contributed by atoms with Gasteiger partial charge in [-0.3, -0.25) is 9.59 Å². The number of piperidine rings is 1. The first kappa shape index (κ1) is 13.5. The molecule has 1 aromatic rings. The molecule has 1 aliphatic rings. The van der Waals surface area contributed by atoms with Gasteiger partial charge in [0.1, 0.15) is 0 Å². The van der Waals surface area contributed by atoms with Crippen molar-refractivity contribution < 1.29 is 9.59 Å². The number of benzene rings is 1. The second-order valence-electron chi connectivity index (χ2n) is 4.99. The fourth-order valence-corrected chi connectivity index (χ4v) is 2.21. The van der Waals surface area contributed by atoms with Gasteiger partial charge >= 0.3 is 0 Å². The molecule has 0 spiro atoms. The third kappa shape index (κ3) is 3.54. The first-order valence-corrected chi connectivity index (χ1v) is 6.45. The summed E-state index contributed by atoms with van der Waals surface area (Å²) in [5, 5.41) is 3.02. The van der Waals surface area contributed by atoms with Gasteiger partial charge in [-0.05, 0) is 57.2 Å². The van der Waals surface area contributed by atoms with E-state index in [1.807, 2.05) is 0 Å². The number of hydrogen-bond donors (Lipinski definition) is 2. The molecule has 102 valence electrons. The summed E-state index contributed by atoms with van der Waals surface area (Å²) >= 11 is 0. The van der Waals surface area contributed by atoms with E-state index in [1.165, 1.54) is 0 Å². The van der Waals surface area contributed by atoms with Gasteiger partial charge in [0, 0.05) is 17.2 Å². The Kier molecular flexibility index (Phi) is 4.16. The number of primary amides is 1. The van der Waals surface area contributed by atoms with Crippen LogP contribution in [-0.2, 0) is 0 Å². The summed E-state index contributed by atoms with van der Waals surface area (Å²) in [6.45, 7) is 2.01. The van der Waals surface area contributed by atoms with Gasteiger partial charge in [0.05, 0.1) is 0 Å². The van der Waals surface area contributed by atoms with Crippen LogP contribution < -0.4 is 11.1 Å². The Morgan fingerprint density at radius 3 is 2.21 bits per heavy atom. The van der Waals surface area contributed by atoms with Crippen molar-refractivity contribution in [2.24, 2.45) is 5.73 Å². The van der Waals surface area contributed by atoms with Crippen LogP contribution in [0.3, 0.4) is 0 Å². The number of nitrogens with two attached hydrogens (primary N) is 1. The van der Waals surface area contributed by atoms with E-state index < -0.39 is 5.91 Å². The van der Waals surface area contributed by atoms with E-state index in [-0.39, 0.29) is 11.9 Å². The van der Waals surface area contributed by atoms with Crippen molar-refractivity contribution >= 4 is 11.8 Å². The van der Waals surface area contributed by atoms with Crippen molar-refractivity contribution in [2.75, 3.05) is 20.1 Å². The van der Waals surface area contributed by atoms with Crippen LogP contribution in [0.25, 0.3) is 0 Å². The first-order valence-electron chi connectivity index (χ1n) is 6.45. The van der Waals surface area contributed by atoms with Crippen LogP contribution in [0.1, 0.15) is 33.6 Å². The molecule has 0 radical (unpaired) electrons. The van der Waals surface area contributed by atoms with E-state index >= 15 is 0 Å². The van der Waals surface area contributed by atoms with Crippen molar-refractivity contribution in [1.29, 1.82) is 0 Å². The Hall–Kier alpha value is -1.88. The quantitative estimate of drug-likeness (QED) is 0.837. The van der Waals surface area contributed by atoms with E-state index in [2.05, 4.69) is 17.3 Å². The Labute approximate surface area is 112 Å². The fourth-order valence-electron chi connectivity index (χ4n) is 2.21. The zero-order valence-corrected chi connectivity index (χ0v) is 11.1. The molecule has 1 saturated heterocycles. The molecule has 1 heterocycles. The van der Waals surface area contributed by atoms with E-state index in [1.54, 1.807) is 24.3 Å². The standard InChI is InChI=1S/C14H19N3O2/c1-17-8-6-12(7-9-17)16-14(19)11-4-2-10(3-5-11)13(15)18/h2-5,12H,6-9H2,1H3,(H2,15,18)(H,16,19). The molecule has 3 N–H and O–H groups in total. The molecule has 19 heavy (non-hydrogen) atoms. The van der Waals surface area contributed by atoms with Gasteiger partial charge in [0.25, 0.3) is 5.91 Å². The van der Waals surface area contributed by atoms with Crippen molar-refractivity contribution in [2.45, 2.75) is 18.9 Å². The molecule has 0 unspecified atom stereocenters. The number of likely N-dealkylation sites (tertiary alicyclic amines) is 1. The number of nitrogens with one attached hydrogen (secondary N) is 1. The topological polar surface area (TPSA) is 75.4 Å². The minimum Gasteiger partial charge on any atom is -0.366 e. The number of amides is 2. The average Bonchev–Trinajstić information content (AvgIpc) is 2.41. The van der Waals surface area contributed by atoms with E-state index in [0.717, 1.165) is 25.9 Å². The van der Waals surface area contributed by atoms with Gasteiger partial charge in [-0.15, -0.1) is 0 Å². The molecular formula is C14H19N3O2. The molecule has 1 aromatic carbocycles. The molecule has 2 rings (SSSR count).